The predicted molar refractivity (Wildman–Crippen MR) is 75.6 cm³/mol. The lowest BCUT2D eigenvalue weighted by atomic mass is 10.3. The molecule has 0 bridgehead atoms. The molecule has 0 amide bonds. The molecule has 0 aliphatic rings. The fraction of sp³-hybridized carbons (Fsp3) is 0. The number of imidazole rings is 1. The standard InChI is InChI=1S/C11H7BrClN3S/c12-6-3-8(17-5-6)10-11(14)16-4-7(13)1-2-9(16)15-10/h1-5H,14H2. The fourth-order valence-corrected chi connectivity index (χ4v) is 3.24. The summed E-state index contributed by atoms with van der Waals surface area (Å²) in [4.78, 5) is 5.54. The summed E-state index contributed by atoms with van der Waals surface area (Å²) in [5.74, 6) is 0.608. The van der Waals surface area contributed by atoms with Gasteiger partial charge in [0.05, 0.1) is 9.90 Å². The number of nitrogens with zero attached hydrogens (tertiary/aromatic N) is 2. The summed E-state index contributed by atoms with van der Waals surface area (Å²) in [6.07, 6.45) is 1.77. The molecule has 17 heavy (non-hydrogen) atoms. The third kappa shape index (κ3) is 1.84. The van der Waals surface area contributed by atoms with E-state index < -0.39 is 0 Å². The molecule has 0 saturated carbocycles. The number of fused-ring (bicyclic) bond motifs is 1. The monoisotopic (exact) mass is 327 g/mol. The molecular weight excluding hydrogens is 322 g/mol. The van der Waals surface area contributed by atoms with E-state index in [9.17, 15) is 0 Å². The lowest BCUT2D eigenvalue weighted by molar-refractivity contribution is 1.20. The van der Waals surface area contributed by atoms with Crippen molar-refractivity contribution in [1.29, 1.82) is 0 Å². The van der Waals surface area contributed by atoms with Crippen LogP contribution in [0.2, 0.25) is 5.02 Å². The summed E-state index contributed by atoms with van der Waals surface area (Å²) in [5, 5.41) is 2.65. The second-order valence-electron chi connectivity index (χ2n) is 3.55. The Hall–Kier alpha value is -1.04. The van der Waals surface area contributed by atoms with Crippen LogP contribution in [0.4, 0.5) is 5.82 Å². The van der Waals surface area contributed by atoms with E-state index in [0.29, 0.717) is 10.8 Å². The summed E-state index contributed by atoms with van der Waals surface area (Å²) >= 11 is 11.0. The van der Waals surface area contributed by atoms with Gasteiger partial charge in [0.15, 0.2) is 0 Å². The highest BCUT2D eigenvalue weighted by Gasteiger charge is 2.13. The number of hydrogen-bond acceptors (Lipinski definition) is 3. The molecule has 0 fully saturated rings. The van der Waals surface area contributed by atoms with Crippen molar-refractivity contribution < 1.29 is 0 Å². The first-order valence-corrected chi connectivity index (χ1v) is 6.88. The van der Waals surface area contributed by atoms with Gasteiger partial charge in [0.25, 0.3) is 0 Å². The van der Waals surface area contributed by atoms with Gasteiger partial charge in [-0.3, -0.25) is 4.40 Å². The molecule has 3 heterocycles. The molecule has 0 aromatic carbocycles. The number of halogens is 2. The summed E-state index contributed by atoms with van der Waals surface area (Å²) in [6, 6.07) is 5.66. The molecule has 86 valence electrons. The minimum atomic E-state index is 0.608. The van der Waals surface area contributed by atoms with Crippen LogP contribution in [0.3, 0.4) is 0 Å². The zero-order valence-electron chi connectivity index (χ0n) is 8.52. The second-order valence-corrected chi connectivity index (χ2v) is 5.81. The molecule has 2 N–H and O–H groups in total. The lowest BCUT2D eigenvalue weighted by Gasteiger charge is -1.97. The maximum absolute atomic E-state index is 6.08. The number of nitrogen functional groups attached to an aromatic ring is 1. The lowest BCUT2D eigenvalue weighted by Crippen LogP contribution is -1.93. The van der Waals surface area contributed by atoms with E-state index in [4.69, 9.17) is 17.3 Å². The second kappa shape index (κ2) is 4.01. The summed E-state index contributed by atoms with van der Waals surface area (Å²) in [6.45, 7) is 0. The zero-order valence-corrected chi connectivity index (χ0v) is 11.7. The van der Waals surface area contributed by atoms with E-state index in [-0.39, 0.29) is 0 Å². The van der Waals surface area contributed by atoms with Crippen LogP contribution in [-0.4, -0.2) is 9.38 Å². The topological polar surface area (TPSA) is 43.3 Å². The third-order valence-electron chi connectivity index (χ3n) is 2.42. The van der Waals surface area contributed by atoms with E-state index in [0.717, 1.165) is 20.7 Å². The maximum atomic E-state index is 6.08. The van der Waals surface area contributed by atoms with E-state index >= 15 is 0 Å². The predicted octanol–water partition coefficient (Wildman–Crippen LogP) is 4.06. The largest absolute Gasteiger partial charge is 0.383 e. The third-order valence-corrected chi connectivity index (χ3v) is 4.34. The summed E-state index contributed by atoms with van der Waals surface area (Å²) in [5.41, 5.74) is 7.67. The molecule has 3 aromatic rings. The number of hydrogen-bond donors (Lipinski definition) is 1. The van der Waals surface area contributed by atoms with Crippen molar-refractivity contribution >= 4 is 50.3 Å². The van der Waals surface area contributed by atoms with Crippen LogP contribution in [0.1, 0.15) is 0 Å². The first kappa shape index (κ1) is 11.1. The molecule has 6 heteroatoms. The van der Waals surface area contributed by atoms with E-state index in [2.05, 4.69) is 20.9 Å². The Labute approximate surface area is 115 Å². The van der Waals surface area contributed by atoms with Gasteiger partial charge in [-0.15, -0.1) is 11.3 Å². The normalized spacial score (nSPS) is 11.2. The minimum Gasteiger partial charge on any atom is -0.383 e. The van der Waals surface area contributed by atoms with Crippen LogP contribution in [-0.2, 0) is 0 Å². The SMILES string of the molecule is Nc1c(-c2cc(Br)cs2)nc2ccc(Cl)cn12. The average Bonchev–Trinajstić information content (AvgIpc) is 2.84. The molecule has 3 rings (SSSR count). The van der Waals surface area contributed by atoms with Crippen LogP contribution >= 0.6 is 38.9 Å². The van der Waals surface area contributed by atoms with Crippen molar-refractivity contribution in [1.82, 2.24) is 9.38 Å². The van der Waals surface area contributed by atoms with Gasteiger partial charge in [0.2, 0.25) is 0 Å². The van der Waals surface area contributed by atoms with Crippen molar-refractivity contribution in [3.63, 3.8) is 0 Å². The Bertz CT molecular complexity index is 704. The number of pyridine rings is 1. The number of thiophene rings is 1. The van der Waals surface area contributed by atoms with E-state index in [1.165, 1.54) is 0 Å². The van der Waals surface area contributed by atoms with Gasteiger partial charge < -0.3 is 5.73 Å². The zero-order chi connectivity index (χ0) is 12.0. The molecule has 0 saturated heterocycles. The Morgan fingerprint density at radius 1 is 1.41 bits per heavy atom. The maximum Gasteiger partial charge on any atom is 0.139 e. The van der Waals surface area contributed by atoms with Gasteiger partial charge in [0, 0.05) is 16.0 Å². The Morgan fingerprint density at radius 2 is 2.24 bits per heavy atom. The number of rotatable bonds is 1. The van der Waals surface area contributed by atoms with Crippen LogP contribution in [0.25, 0.3) is 16.2 Å². The smallest absolute Gasteiger partial charge is 0.139 e. The van der Waals surface area contributed by atoms with Crippen molar-refractivity contribution in [2.75, 3.05) is 5.73 Å². The summed E-state index contributed by atoms with van der Waals surface area (Å²) < 4.78 is 2.83. The van der Waals surface area contributed by atoms with Crippen LogP contribution in [0, 0.1) is 0 Å². The van der Waals surface area contributed by atoms with Gasteiger partial charge in [-0.2, -0.15) is 0 Å². The van der Waals surface area contributed by atoms with Crippen LogP contribution in [0.5, 0.6) is 0 Å². The molecule has 0 aliphatic carbocycles. The Morgan fingerprint density at radius 3 is 2.94 bits per heavy atom. The van der Waals surface area contributed by atoms with Crippen molar-refractivity contribution in [3.8, 4) is 10.6 Å². The fourth-order valence-electron chi connectivity index (χ4n) is 1.66. The molecule has 3 aromatic heterocycles. The van der Waals surface area contributed by atoms with Gasteiger partial charge >= 0.3 is 0 Å². The highest BCUT2D eigenvalue weighted by atomic mass is 79.9. The van der Waals surface area contributed by atoms with Gasteiger partial charge in [0.1, 0.15) is 17.2 Å². The molecule has 0 atom stereocenters. The summed E-state index contributed by atoms with van der Waals surface area (Å²) in [7, 11) is 0. The van der Waals surface area contributed by atoms with Crippen molar-refractivity contribution in [2.24, 2.45) is 0 Å². The van der Waals surface area contributed by atoms with Crippen molar-refractivity contribution in [2.45, 2.75) is 0 Å². The number of nitrogens with two attached hydrogens (primary N) is 1. The van der Waals surface area contributed by atoms with E-state index in [1.54, 1.807) is 28.0 Å². The van der Waals surface area contributed by atoms with Gasteiger partial charge in [-0.05, 0) is 34.1 Å². The van der Waals surface area contributed by atoms with Crippen LogP contribution < -0.4 is 5.73 Å². The van der Waals surface area contributed by atoms with Gasteiger partial charge in [-0.25, -0.2) is 4.98 Å². The molecule has 0 radical (unpaired) electrons. The molecule has 0 spiro atoms. The quantitative estimate of drug-likeness (QED) is 0.732. The molecule has 3 nitrogen and oxygen atoms in total. The van der Waals surface area contributed by atoms with Crippen molar-refractivity contribution in [3.05, 3.63) is 39.3 Å². The first-order chi connectivity index (χ1) is 8.15. The van der Waals surface area contributed by atoms with Crippen LogP contribution in [0.15, 0.2) is 34.2 Å². The first-order valence-electron chi connectivity index (χ1n) is 4.82. The Balaban J connectivity index is 2.27. The molecule has 0 aliphatic heterocycles. The Kier molecular flexibility index (Phi) is 2.61. The number of aromatic nitrogens is 2. The average molecular weight is 329 g/mol. The minimum absolute atomic E-state index is 0.608. The van der Waals surface area contributed by atoms with E-state index in [1.807, 2.05) is 17.5 Å². The highest BCUT2D eigenvalue weighted by molar-refractivity contribution is 9.10. The highest BCUT2D eigenvalue weighted by Crippen LogP contribution is 2.33. The van der Waals surface area contributed by atoms with Gasteiger partial charge in [-0.1, -0.05) is 11.6 Å². The number of anilines is 1. The molecule has 0 unspecified atom stereocenters. The molecular formula is C11H7BrClN3S.